The number of ketones is 1. The molecule has 0 spiro atoms. The third-order valence-corrected chi connectivity index (χ3v) is 6.80. The first-order valence-electron chi connectivity index (χ1n) is 12.0. The maximum absolute atomic E-state index is 13.2. The number of amides is 2. The lowest BCUT2D eigenvalue weighted by atomic mass is 10.1. The number of hydrogen-bond acceptors (Lipinski definition) is 6. The summed E-state index contributed by atoms with van der Waals surface area (Å²) in [6.07, 6.45) is 8.32. The predicted molar refractivity (Wildman–Crippen MR) is 133 cm³/mol. The van der Waals surface area contributed by atoms with Gasteiger partial charge in [-0.3, -0.25) is 4.79 Å². The predicted octanol–water partition coefficient (Wildman–Crippen LogP) is 3.70. The molecule has 35 heavy (non-hydrogen) atoms. The molecule has 2 amide bonds. The molecule has 0 saturated carbocycles. The van der Waals surface area contributed by atoms with E-state index in [0.29, 0.717) is 23.5 Å². The average Bonchev–Trinajstić information content (AvgIpc) is 3.47. The lowest BCUT2D eigenvalue weighted by Gasteiger charge is -2.34. The van der Waals surface area contributed by atoms with Crippen LogP contribution in [0.4, 0.5) is 16.2 Å². The number of allylic oxidation sites excluding steroid dienone is 1. The number of ether oxygens (including phenoxy) is 2. The smallest absolute Gasteiger partial charge is 0.319 e. The molecule has 180 valence electrons. The van der Waals surface area contributed by atoms with E-state index in [1.165, 1.54) is 0 Å². The molecule has 2 bridgehead atoms. The maximum atomic E-state index is 13.2. The number of rotatable bonds is 4. The number of pyridine rings is 1. The normalized spacial score (nSPS) is 21.9. The van der Waals surface area contributed by atoms with Crippen LogP contribution in [-0.2, 0) is 11.8 Å². The number of aromatic nitrogens is 2. The Morgan fingerprint density at radius 2 is 2.03 bits per heavy atom. The highest BCUT2D eigenvalue weighted by molar-refractivity contribution is 6.16. The summed E-state index contributed by atoms with van der Waals surface area (Å²) in [6, 6.07) is 6.79. The van der Waals surface area contributed by atoms with Gasteiger partial charge in [0.25, 0.3) is 0 Å². The number of morpholine rings is 1. The first-order chi connectivity index (χ1) is 17.0. The minimum atomic E-state index is -0.318. The summed E-state index contributed by atoms with van der Waals surface area (Å²) in [5, 5.41) is 6.41. The number of carbonyl (C=O) groups excluding carboxylic acids is 2. The van der Waals surface area contributed by atoms with E-state index in [2.05, 4.69) is 20.5 Å². The van der Waals surface area contributed by atoms with Gasteiger partial charge < -0.3 is 29.6 Å². The van der Waals surface area contributed by atoms with E-state index in [4.69, 9.17) is 9.47 Å². The van der Waals surface area contributed by atoms with Crippen molar-refractivity contribution in [3.05, 3.63) is 53.5 Å². The van der Waals surface area contributed by atoms with Crippen LogP contribution in [0.25, 0.3) is 17.1 Å². The summed E-state index contributed by atoms with van der Waals surface area (Å²) in [4.78, 5) is 32.1. The quantitative estimate of drug-likeness (QED) is 0.561. The third kappa shape index (κ3) is 3.81. The zero-order valence-electron chi connectivity index (χ0n) is 19.7. The van der Waals surface area contributed by atoms with Crippen LogP contribution in [0, 0.1) is 0 Å². The third-order valence-electron chi connectivity index (χ3n) is 6.80. The van der Waals surface area contributed by atoms with Gasteiger partial charge in [0.15, 0.2) is 5.76 Å². The summed E-state index contributed by atoms with van der Waals surface area (Å²) >= 11 is 0. The molecule has 3 aromatic rings. The van der Waals surface area contributed by atoms with Crippen molar-refractivity contribution in [2.24, 2.45) is 7.05 Å². The number of nitrogens with one attached hydrogen (secondary N) is 2. The SMILES string of the molecule is CCNC(=O)Nc1ccc2c(c1)C(=O)/C(=C/c1cn(C)c3nccc(N4CC5CCC(C4)O5)c13)O2. The van der Waals surface area contributed by atoms with Gasteiger partial charge in [0.05, 0.1) is 23.5 Å². The van der Waals surface area contributed by atoms with E-state index in [-0.39, 0.29) is 29.8 Å². The summed E-state index contributed by atoms with van der Waals surface area (Å²) < 4.78 is 13.9. The van der Waals surface area contributed by atoms with Crippen molar-refractivity contribution in [1.29, 1.82) is 0 Å². The van der Waals surface area contributed by atoms with Gasteiger partial charge in [-0.05, 0) is 50.1 Å². The van der Waals surface area contributed by atoms with Gasteiger partial charge in [-0.15, -0.1) is 0 Å². The highest BCUT2D eigenvalue weighted by Crippen LogP contribution is 2.38. The summed E-state index contributed by atoms with van der Waals surface area (Å²) in [5.74, 6) is 0.511. The van der Waals surface area contributed by atoms with Crippen LogP contribution in [0.2, 0.25) is 0 Å². The highest BCUT2D eigenvalue weighted by Gasteiger charge is 2.35. The van der Waals surface area contributed by atoms with Crippen LogP contribution in [0.15, 0.2) is 42.4 Å². The van der Waals surface area contributed by atoms with Crippen LogP contribution < -0.4 is 20.3 Å². The van der Waals surface area contributed by atoms with Gasteiger partial charge in [0.2, 0.25) is 5.78 Å². The Labute approximate surface area is 202 Å². The zero-order chi connectivity index (χ0) is 24.1. The van der Waals surface area contributed by atoms with Gasteiger partial charge in [0.1, 0.15) is 11.4 Å². The van der Waals surface area contributed by atoms with Crippen molar-refractivity contribution >= 4 is 40.3 Å². The van der Waals surface area contributed by atoms with Crippen LogP contribution >= 0.6 is 0 Å². The largest absolute Gasteiger partial charge is 0.452 e. The molecule has 2 N–H and O–H groups in total. The molecule has 2 aromatic heterocycles. The van der Waals surface area contributed by atoms with Crippen molar-refractivity contribution in [1.82, 2.24) is 14.9 Å². The maximum Gasteiger partial charge on any atom is 0.319 e. The molecule has 9 nitrogen and oxygen atoms in total. The first kappa shape index (κ1) is 21.7. The standard InChI is InChI=1S/C26H27N5O4/c1-3-27-26(33)29-16-4-7-21-19(11-16)24(32)22(35-21)10-15-12-30(2)25-23(15)20(8-9-28-25)31-13-17-5-6-18(14-31)34-17/h4,7-12,17-18H,3,5-6,13-14H2,1-2H3,(H2,27,29,33)/b22-10-. The molecule has 1 aromatic carbocycles. The number of nitrogens with zero attached hydrogens (tertiary/aromatic N) is 3. The van der Waals surface area contributed by atoms with Crippen molar-refractivity contribution in [3.8, 4) is 5.75 Å². The molecular weight excluding hydrogens is 446 g/mol. The molecule has 3 aliphatic rings. The molecular formula is C26H27N5O4. The van der Waals surface area contributed by atoms with Crippen molar-refractivity contribution in [2.45, 2.75) is 32.0 Å². The van der Waals surface area contributed by atoms with E-state index in [9.17, 15) is 9.59 Å². The highest BCUT2D eigenvalue weighted by atomic mass is 16.5. The second-order valence-corrected chi connectivity index (χ2v) is 9.22. The van der Waals surface area contributed by atoms with Crippen molar-refractivity contribution in [3.63, 3.8) is 0 Å². The average molecular weight is 474 g/mol. The van der Waals surface area contributed by atoms with Crippen molar-refractivity contribution in [2.75, 3.05) is 29.9 Å². The van der Waals surface area contributed by atoms with E-state index >= 15 is 0 Å². The Morgan fingerprint density at radius 3 is 2.80 bits per heavy atom. The molecule has 2 saturated heterocycles. The fourth-order valence-corrected chi connectivity index (χ4v) is 5.25. The first-order valence-corrected chi connectivity index (χ1v) is 12.0. The minimum Gasteiger partial charge on any atom is -0.452 e. The van der Waals surface area contributed by atoms with E-state index in [0.717, 1.165) is 48.2 Å². The number of anilines is 2. The Bertz CT molecular complexity index is 1370. The van der Waals surface area contributed by atoms with Gasteiger partial charge in [-0.25, -0.2) is 9.78 Å². The van der Waals surface area contributed by atoms with Gasteiger partial charge in [0, 0.05) is 55.7 Å². The Balaban J connectivity index is 1.34. The number of Topliss-reactive ketones (excluding diaryl/α,β-unsaturated/α-hetero) is 1. The fourth-order valence-electron chi connectivity index (χ4n) is 5.25. The summed E-state index contributed by atoms with van der Waals surface area (Å²) in [7, 11) is 1.95. The number of fused-ring (bicyclic) bond motifs is 4. The topological polar surface area (TPSA) is 97.7 Å². The molecule has 5 heterocycles. The van der Waals surface area contributed by atoms with Gasteiger partial charge in [-0.1, -0.05) is 0 Å². The molecule has 3 aliphatic heterocycles. The Hall–Kier alpha value is -3.85. The molecule has 2 fully saturated rings. The molecule has 2 unspecified atom stereocenters. The van der Waals surface area contributed by atoms with E-state index in [1.54, 1.807) is 24.3 Å². The van der Waals surface area contributed by atoms with Crippen LogP contribution in [-0.4, -0.2) is 53.2 Å². The second kappa shape index (κ2) is 8.42. The number of urea groups is 1. The number of benzene rings is 1. The minimum absolute atomic E-state index is 0.216. The molecule has 0 radical (unpaired) electrons. The van der Waals surface area contributed by atoms with Crippen molar-refractivity contribution < 1.29 is 19.1 Å². The second-order valence-electron chi connectivity index (χ2n) is 9.22. The lowest BCUT2D eigenvalue weighted by molar-refractivity contribution is 0.0306. The Morgan fingerprint density at radius 1 is 1.23 bits per heavy atom. The Kier molecular flexibility index (Phi) is 5.21. The number of carbonyl (C=O) groups is 2. The van der Waals surface area contributed by atoms with Crippen LogP contribution in [0.5, 0.6) is 5.75 Å². The molecule has 0 aliphatic carbocycles. The molecule has 9 heteroatoms. The lowest BCUT2D eigenvalue weighted by Crippen LogP contribution is -2.42. The zero-order valence-corrected chi connectivity index (χ0v) is 19.7. The molecule has 2 atom stereocenters. The summed E-state index contributed by atoms with van der Waals surface area (Å²) in [5.41, 5.74) is 3.78. The van der Waals surface area contributed by atoms with Crippen LogP contribution in [0.3, 0.4) is 0 Å². The number of hydrogen-bond donors (Lipinski definition) is 2. The number of aryl methyl sites for hydroxylation is 1. The van der Waals surface area contributed by atoms with E-state index < -0.39 is 0 Å². The van der Waals surface area contributed by atoms with E-state index in [1.807, 2.05) is 37.0 Å². The van der Waals surface area contributed by atoms with Gasteiger partial charge in [-0.2, -0.15) is 0 Å². The fraction of sp³-hybridized carbons (Fsp3) is 0.346. The monoisotopic (exact) mass is 473 g/mol. The van der Waals surface area contributed by atoms with Gasteiger partial charge >= 0.3 is 6.03 Å². The van der Waals surface area contributed by atoms with Crippen LogP contribution in [0.1, 0.15) is 35.7 Å². The molecule has 6 rings (SSSR count). The summed E-state index contributed by atoms with van der Waals surface area (Å²) in [6.45, 7) is 4.05.